The monoisotopic (exact) mass is 412 g/mol. The molecule has 0 bridgehead atoms. The van der Waals surface area contributed by atoms with Crippen molar-refractivity contribution >= 4 is 15.8 Å². The standard InChI is InChI=1S/C21H24N4O3S/c1-14(2)12-16-7-9-17(10-8-16)19-18(6-5-11-22-19)29(26,27)25-20-21(28-4)24-15(3)13-23-20/h5-11,13-14H,12H2,1-4H3,(H,23,25). The molecule has 0 saturated carbocycles. The number of hydrogen-bond donors (Lipinski definition) is 1. The van der Waals surface area contributed by atoms with Crippen LogP contribution in [0.3, 0.4) is 0 Å². The van der Waals surface area contributed by atoms with Crippen LogP contribution in [-0.2, 0) is 16.4 Å². The van der Waals surface area contributed by atoms with Crippen molar-refractivity contribution in [1.29, 1.82) is 0 Å². The molecule has 0 unspecified atom stereocenters. The maximum atomic E-state index is 13.1. The first-order chi connectivity index (χ1) is 13.8. The summed E-state index contributed by atoms with van der Waals surface area (Å²) in [6, 6.07) is 10.9. The maximum Gasteiger partial charge on any atom is 0.265 e. The number of hydrogen-bond acceptors (Lipinski definition) is 6. The van der Waals surface area contributed by atoms with Gasteiger partial charge in [0, 0.05) is 11.8 Å². The van der Waals surface area contributed by atoms with Crippen molar-refractivity contribution in [1.82, 2.24) is 15.0 Å². The minimum absolute atomic E-state index is 0.0279. The van der Waals surface area contributed by atoms with Gasteiger partial charge < -0.3 is 4.74 Å². The topological polar surface area (TPSA) is 94.1 Å². The third kappa shape index (κ3) is 4.89. The van der Waals surface area contributed by atoms with Crippen LogP contribution >= 0.6 is 0 Å². The molecule has 2 aromatic heterocycles. The molecule has 0 saturated heterocycles. The van der Waals surface area contributed by atoms with Crippen LogP contribution in [0.4, 0.5) is 5.82 Å². The summed E-state index contributed by atoms with van der Waals surface area (Å²) in [5, 5.41) is 0. The number of anilines is 1. The Labute approximate surface area is 171 Å². The summed E-state index contributed by atoms with van der Waals surface area (Å²) in [4.78, 5) is 12.6. The van der Waals surface area contributed by atoms with E-state index in [1.807, 2.05) is 24.3 Å². The van der Waals surface area contributed by atoms with Gasteiger partial charge >= 0.3 is 0 Å². The minimum Gasteiger partial charge on any atom is -0.478 e. The number of aryl methyl sites for hydroxylation is 1. The zero-order chi connectivity index (χ0) is 21.0. The zero-order valence-corrected chi connectivity index (χ0v) is 17.7. The van der Waals surface area contributed by atoms with Crippen molar-refractivity contribution in [2.24, 2.45) is 5.92 Å². The molecule has 0 radical (unpaired) electrons. The van der Waals surface area contributed by atoms with Crippen molar-refractivity contribution in [3.05, 3.63) is 60.0 Å². The Bertz CT molecular complexity index is 1100. The molecule has 0 amide bonds. The SMILES string of the molecule is COc1nc(C)cnc1NS(=O)(=O)c1cccnc1-c1ccc(CC(C)C)cc1. The predicted molar refractivity (Wildman–Crippen MR) is 112 cm³/mol. The largest absolute Gasteiger partial charge is 0.478 e. The van der Waals surface area contributed by atoms with E-state index in [1.54, 1.807) is 19.2 Å². The van der Waals surface area contributed by atoms with Gasteiger partial charge in [0.2, 0.25) is 5.82 Å². The van der Waals surface area contributed by atoms with Crippen molar-refractivity contribution in [2.45, 2.75) is 32.1 Å². The molecule has 2 heterocycles. The third-order valence-corrected chi connectivity index (χ3v) is 5.59. The van der Waals surface area contributed by atoms with E-state index in [-0.39, 0.29) is 16.6 Å². The number of rotatable bonds is 7. The summed E-state index contributed by atoms with van der Waals surface area (Å²) < 4.78 is 33.8. The summed E-state index contributed by atoms with van der Waals surface area (Å²) in [5.74, 6) is 0.679. The lowest BCUT2D eigenvalue weighted by Gasteiger charge is -2.13. The highest BCUT2D eigenvalue weighted by Gasteiger charge is 2.23. The molecular formula is C21H24N4O3S. The van der Waals surface area contributed by atoms with Crippen LogP contribution in [0.5, 0.6) is 5.88 Å². The predicted octanol–water partition coefficient (Wildman–Crippen LogP) is 3.85. The Morgan fingerprint density at radius 1 is 1.10 bits per heavy atom. The second-order valence-corrected chi connectivity index (χ2v) is 8.77. The number of sulfonamides is 1. The molecule has 0 spiro atoms. The van der Waals surface area contributed by atoms with Gasteiger partial charge in [-0.1, -0.05) is 38.1 Å². The van der Waals surface area contributed by atoms with Crippen molar-refractivity contribution in [2.75, 3.05) is 11.8 Å². The maximum absolute atomic E-state index is 13.1. The molecule has 0 aliphatic heterocycles. The van der Waals surface area contributed by atoms with E-state index in [2.05, 4.69) is 33.5 Å². The lowest BCUT2D eigenvalue weighted by Crippen LogP contribution is -2.16. The van der Waals surface area contributed by atoms with E-state index in [1.165, 1.54) is 24.9 Å². The smallest absolute Gasteiger partial charge is 0.265 e. The highest BCUT2D eigenvalue weighted by molar-refractivity contribution is 7.92. The van der Waals surface area contributed by atoms with Crippen molar-refractivity contribution in [3.63, 3.8) is 0 Å². The molecular weight excluding hydrogens is 388 g/mol. The zero-order valence-electron chi connectivity index (χ0n) is 16.9. The second-order valence-electron chi connectivity index (χ2n) is 7.12. The molecule has 1 N–H and O–H groups in total. The number of pyridine rings is 1. The fourth-order valence-electron chi connectivity index (χ4n) is 2.94. The van der Waals surface area contributed by atoms with Crippen molar-refractivity contribution < 1.29 is 13.2 Å². The molecule has 29 heavy (non-hydrogen) atoms. The quantitative estimate of drug-likeness (QED) is 0.633. The summed E-state index contributed by atoms with van der Waals surface area (Å²) >= 11 is 0. The molecule has 3 aromatic rings. The molecule has 8 heteroatoms. The lowest BCUT2D eigenvalue weighted by atomic mass is 10.0. The summed E-state index contributed by atoms with van der Waals surface area (Å²) in [6.07, 6.45) is 4.00. The van der Waals surface area contributed by atoms with E-state index in [4.69, 9.17) is 4.74 Å². The first-order valence-corrected chi connectivity index (χ1v) is 10.7. The molecule has 0 aliphatic carbocycles. The van der Waals surface area contributed by atoms with Crippen LogP contribution in [0.1, 0.15) is 25.1 Å². The first-order valence-electron chi connectivity index (χ1n) is 9.25. The van der Waals surface area contributed by atoms with Gasteiger partial charge in [-0.2, -0.15) is 0 Å². The van der Waals surface area contributed by atoms with Gasteiger partial charge in [-0.05, 0) is 37.0 Å². The normalized spacial score (nSPS) is 11.5. The molecule has 0 fully saturated rings. The molecule has 0 aliphatic rings. The highest BCUT2D eigenvalue weighted by atomic mass is 32.2. The molecule has 7 nitrogen and oxygen atoms in total. The molecule has 3 rings (SSSR count). The van der Waals surface area contributed by atoms with Gasteiger partial charge in [0.1, 0.15) is 4.90 Å². The Kier molecular flexibility index (Phi) is 6.12. The van der Waals surface area contributed by atoms with Crippen LogP contribution < -0.4 is 9.46 Å². The molecule has 0 atom stereocenters. The number of methoxy groups -OCH3 is 1. The number of benzene rings is 1. The van der Waals surface area contributed by atoms with Gasteiger partial charge in [-0.3, -0.25) is 9.71 Å². The van der Waals surface area contributed by atoms with Gasteiger partial charge in [0.05, 0.1) is 24.7 Å². The third-order valence-electron chi connectivity index (χ3n) is 4.22. The van der Waals surface area contributed by atoms with Gasteiger partial charge in [0.25, 0.3) is 15.9 Å². The van der Waals surface area contributed by atoms with Crippen LogP contribution in [0, 0.1) is 12.8 Å². The van der Waals surface area contributed by atoms with E-state index < -0.39 is 10.0 Å². The Morgan fingerprint density at radius 3 is 2.48 bits per heavy atom. The van der Waals surface area contributed by atoms with Gasteiger partial charge in [0.15, 0.2) is 0 Å². The molecule has 152 valence electrons. The second kappa shape index (κ2) is 8.57. The van der Waals surface area contributed by atoms with Gasteiger partial charge in [-0.15, -0.1) is 0 Å². The Hall–Kier alpha value is -3.00. The van der Waals surface area contributed by atoms with Crippen molar-refractivity contribution in [3.8, 4) is 17.1 Å². The van der Waals surface area contributed by atoms with E-state index in [0.717, 1.165) is 12.0 Å². The van der Waals surface area contributed by atoms with Crippen LogP contribution in [-0.4, -0.2) is 30.5 Å². The Morgan fingerprint density at radius 2 is 1.83 bits per heavy atom. The average molecular weight is 413 g/mol. The van der Waals surface area contributed by atoms with E-state index in [0.29, 0.717) is 17.3 Å². The van der Waals surface area contributed by atoms with E-state index >= 15 is 0 Å². The molecule has 1 aromatic carbocycles. The fourth-order valence-corrected chi connectivity index (χ4v) is 4.13. The van der Waals surface area contributed by atoms with Crippen LogP contribution in [0.2, 0.25) is 0 Å². The fraction of sp³-hybridized carbons (Fsp3) is 0.286. The summed E-state index contributed by atoms with van der Waals surface area (Å²) in [7, 11) is -2.55. The highest BCUT2D eigenvalue weighted by Crippen LogP contribution is 2.28. The number of nitrogens with zero attached hydrogens (tertiary/aromatic N) is 3. The van der Waals surface area contributed by atoms with Crippen LogP contribution in [0.25, 0.3) is 11.3 Å². The average Bonchev–Trinajstić information content (AvgIpc) is 2.69. The van der Waals surface area contributed by atoms with Crippen LogP contribution in [0.15, 0.2) is 53.7 Å². The number of nitrogens with one attached hydrogen (secondary N) is 1. The van der Waals surface area contributed by atoms with E-state index in [9.17, 15) is 8.42 Å². The van der Waals surface area contributed by atoms with Gasteiger partial charge in [-0.25, -0.2) is 18.4 Å². The summed E-state index contributed by atoms with van der Waals surface area (Å²) in [5.41, 5.74) is 2.91. The lowest BCUT2D eigenvalue weighted by molar-refractivity contribution is 0.397. The first kappa shape index (κ1) is 20.7. The Balaban J connectivity index is 1.97. The number of aromatic nitrogens is 3. The summed E-state index contributed by atoms with van der Waals surface area (Å²) in [6.45, 7) is 6.06. The number of ether oxygens (including phenoxy) is 1. The minimum atomic E-state index is -3.96.